The van der Waals surface area contributed by atoms with E-state index in [4.69, 9.17) is 11.6 Å². The highest BCUT2D eigenvalue weighted by molar-refractivity contribution is 6.30. The molecule has 0 N–H and O–H groups in total. The monoisotopic (exact) mass is 248 g/mol. The third-order valence-electron chi connectivity index (χ3n) is 2.99. The van der Waals surface area contributed by atoms with E-state index in [1.807, 2.05) is 20.0 Å². The van der Waals surface area contributed by atoms with Crippen molar-refractivity contribution < 1.29 is 0 Å². The zero-order valence-electron chi connectivity index (χ0n) is 9.81. The van der Waals surface area contributed by atoms with Gasteiger partial charge in [0.2, 0.25) is 0 Å². The second-order valence-electron chi connectivity index (χ2n) is 4.47. The molecule has 0 bridgehead atoms. The van der Waals surface area contributed by atoms with E-state index in [0.717, 1.165) is 17.1 Å². The average Bonchev–Trinajstić information content (AvgIpc) is 3.02. The number of nitrogens with zero attached hydrogens (tertiary/aromatic N) is 4. The number of halogens is 1. The molecule has 0 amide bonds. The summed E-state index contributed by atoms with van der Waals surface area (Å²) in [6.45, 7) is 3.75. The molecule has 2 aromatic heterocycles. The normalized spacial score (nSPS) is 15.2. The van der Waals surface area contributed by atoms with Gasteiger partial charge in [-0.1, -0.05) is 11.6 Å². The van der Waals surface area contributed by atoms with E-state index in [-0.39, 0.29) is 0 Å². The van der Waals surface area contributed by atoms with E-state index in [2.05, 4.69) is 21.1 Å². The zero-order valence-corrected chi connectivity index (χ0v) is 10.6. The van der Waals surface area contributed by atoms with E-state index in [1.165, 1.54) is 12.8 Å². The highest BCUT2D eigenvalue weighted by atomic mass is 35.5. The highest BCUT2D eigenvalue weighted by Crippen LogP contribution is 2.39. The van der Waals surface area contributed by atoms with Gasteiger partial charge in [-0.25, -0.2) is 14.6 Å². The predicted octanol–water partition coefficient (Wildman–Crippen LogP) is 2.81. The van der Waals surface area contributed by atoms with Gasteiger partial charge in [-0.05, 0) is 32.8 Å². The minimum atomic E-state index is 0.496. The van der Waals surface area contributed by atoms with Crippen LogP contribution in [0.15, 0.2) is 12.3 Å². The second kappa shape index (κ2) is 3.81. The molecule has 0 aromatic carbocycles. The van der Waals surface area contributed by atoms with Gasteiger partial charge in [-0.15, -0.1) is 0 Å². The standard InChI is InChI=1S/C12H13ClN4/c1-7-11(13)14-8(2)15-12(7)17-6-5-10(16-17)9-3-4-9/h5-6,9H,3-4H2,1-2H3. The van der Waals surface area contributed by atoms with E-state index >= 15 is 0 Å². The Kier molecular flexibility index (Phi) is 2.40. The van der Waals surface area contributed by atoms with Gasteiger partial charge in [0.05, 0.1) is 5.69 Å². The molecule has 2 aromatic rings. The van der Waals surface area contributed by atoms with Crippen LogP contribution in [0.3, 0.4) is 0 Å². The van der Waals surface area contributed by atoms with Gasteiger partial charge in [0.1, 0.15) is 11.0 Å². The van der Waals surface area contributed by atoms with Gasteiger partial charge in [-0.3, -0.25) is 0 Å². The molecular formula is C12H13ClN4. The van der Waals surface area contributed by atoms with Crippen molar-refractivity contribution in [2.75, 3.05) is 0 Å². The fourth-order valence-corrected chi connectivity index (χ4v) is 2.06. The zero-order chi connectivity index (χ0) is 12.0. The summed E-state index contributed by atoms with van der Waals surface area (Å²) in [4.78, 5) is 8.53. The molecule has 1 aliphatic rings. The van der Waals surface area contributed by atoms with Crippen molar-refractivity contribution in [1.29, 1.82) is 0 Å². The molecule has 0 spiro atoms. The van der Waals surface area contributed by atoms with Crippen molar-refractivity contribution in [3.63, 3.8) is 0 Å². The molecule has 88 valence electrons. The fraction of sp³-hybridized carbons (Fsp3) is 0.417. The van der Waals surface area contributed by atoms with Gasteiger partial charge in [-0.2, -0.15) is 5.10 Å². The molecule has 0 saturated heterocycles. The van der Waals surface area contributed by atoms with Crippen LogP contribution in [0.2, 0.25) is 5.15 Å². The minimum absolute atomic E-state index is 0.496. The molecule has 0 atom stereocenters. The van der Waals surface area contributed by atoms with Crippen LogP contribution in [0.1, 0.15) is 35.8 Å². The molecule has 1 fully saturated rings. The van der Waals surface area contributed by atoms with Gasteiger partial charge >= 0.3 is 0 Å². The van der Waals surface area contributed by atoms with Crippen LogP contribution in [-0.2, 0) is 0 Å². The molecular weight excluding hydrogens is 236 g/mol. The fourth-order valence-electron chi connectivity index (χ4n) is 1.86. The molecule has 1 aliphatic carbocycles. The Morgan fingerprint density at radius 1 is 1.29 bits per heavy atom. The van der Waals surface area contributed by atoms with E-state index < -0.39 is 0 Å². The van der Waals surface area contributed by atoms with E-state index in [9.17, 15) is 0 Å². The summed E-state index contributed by atoms with van der Waals surface area (Å²) in [6, 6.07) is 2.06. The summed E-state index contributed by atoms with van der Waals surface area (Å²) in [7, 11) is 0. The number of aryl methyl sites for hydroxylation is 1. The van der Waals surface area contributed by atoms with Gasteiger partial charge < -0.3 is 0 Å². The second-order valence-corrected chi connectivity index (χ2v) is 4.83. The van der Waals surface area contributed by atoms with Crippen molar-refractivity contribution in [3.8, 4) is 5.82 Å². The minimum Gasteiger partial charge on any atom is -0.222 e. The average molecular weight is 249 g/mol. The van der Waals surface area contributed by atoms with Crippen molar-refractivity contribution in [2.45, 2.75) is 32.6 Å². The summed E-state index contributed by atoms with van der Waals surface area (Å²) in [6.07, 6.45) is 4.44. The van der Waals surface area contributed by atoms with Crippen molar-refractivity contribution in [1.82, 2.24) is 19.7 Å². The van der Waals surface area contributed by atoms with Crippen molar-refractivity contribution in [3.05, 3.63) is 34.5 Å². The van der Waals surface area contributed by atoms with Gasteiger partial charge in [0, 0.05) is 17.7 Å². The lowest BCUT2D eigenvalue weighted by atomic mass is 10.3. The summed E-state index contributed by atoms with van der Waals surface area (Å²) >= 11 is 6.06. The first-order chi connectivity index (χ1) is 8.15. The molecule has 2 heterocycles. The highest BCUT2D eigenvalue weighted by Gasteiger charge is 2.26. The maximum absolute atomic E-state index is 6.06. The third kappa shape index (κ3) is 1.93. The molecule has 5 heteroatoms. The SMILES string of the molecule is Cc1nc(Cl)c(C)c(-n2ccc(C3CC3)n2)n1. The number of aromatic nitrogens is 4. The number of rotatable bonds is 2. The van der Waals surface area contributed by atoms with Crippen LogP contribution in [0.5, 0.6) is 0 Å². The smallest absolute Gasteiger partial charge is 0.161 e. The Labute approximate surface area is 105 Å². The molecule has 3 rings (SSSR count). The Morgan fingerprint density at radius 3 is 2.76 bits per heavy atom. The van der Waals surface area contributed by atoms with E-state index in [0.29, 0.717) is 16.9 Å². The van der Waals surface area contributed by atoms with Gasteiger partial charge in [0.25, 0.3) is 0 Å². The quantitative estimate of drug-likeness (QED) is 0.768. The van der Waals surface area contributed by atoms with Gasteiger partial charge in [0.15, 0.2) is 5.82 Å². The molecule has 17 heavy (non-hydrogen) atoms. The van der Waals surface area contributed by atoms with Crippen LogP contribution in [0.25, 0.3) is 5.82 Å². The molecule has 0 radical (unpaired) electrons. The van der Waals surface area contributed by atoms with Crippen molar-refractivity contribution in [2.24, 2.45) is 0 Å². The van der Waals surface area contributed by atoms with Crippen LogP contribution in [0, 0.1) is 13.8 Å². The Morgan fingerprint density at radius 2 is 2.06 bits per heavy atom. The first kappa shape index (κ1) is 10.7. The van der Waals surface area contributed by atoms with E-state index in [1.54, 1.807) is 4.68 Å². The summed E-state index contributed by atoms with van der Waals surface area (Å²) < 4.78 is 1.80. The third-order valence-corrected chi connectivity index (χ3v) is 3.36. The lowest BCUT2D eigenvalue weighted by Gasteiger charge is -2.06. The van der Waals surface area contributed by atoms with Crippen LogP contribution in [0.4, 0.5) is 0 Å². The largest absolute Gasteiger partial charge is 0.222 e. The Balaban J connectivity index is 2.07. The number of hydrogen-bond acceptors (Lipinski definition) is 3. The predicted molar refractivity (Wildman–Crippen MR) is 65.6 cm³/mol. The topological polar surface area (TPSA) is 43.6 Å². The number of hydrogen-bond donors (Lipinski definition) is 0. The van der Waals surface area contributed by atoms with Crippen LogP contribution in [-0.4, -0.2) is 19.7 Å². The Hall–Kier alpha value is -1.42. The summed E-state index contributed by atoms with van der Waals surface area (Å²) in [5, 5.41) is 5.05. The van der Waals surface area contributed by atoms with Crippen LogP contribution >= 0.6 is 11.6 Å². The van der Waals surface area contributed by atoms with Crippen molar-refractivity contribution >= 4 is 11.6 Å². The lowest BCUT2D eigenvalue weighted by Crippen LogP contribution is -2.05. The lowest BCUT2D eigenvalue weighted by molar-refractivity contribution is 0.792. The molecule has 4 nitrogen and oxygen atoms in total. The summed E-state index contributed by atoms with van der Waals surface area (Å²) in [5.41, 5.74) is 2.01. The Bertz CT molecular complexity index is 572. The molecule has 1 saturated carbocycles. The maximum Gasteiger partial charge on any atom is 0.161 e. The first-order valence-corrected chi connectivity index (χ1v) is 6.09. The summed E-state index contributed by atoms with van der Waals surface area (Å²) in [5.74, 6) is 2.09. The molecule has 0 unspecified atom stereocenters. The van der Waals surface area contributed by atoms with Crippen LogP contribution < -0.4 is 0 Å². The first-order valence-electron chi connectivity index (χ1n) is 5.72. The molecule has 0 aliphatic heterocycles. The maximum atomic E-state index is 6.06.